The SMILES string of the molecule is CC(C)C[C@H](CC(=O)c1cc2ccccc2o1)C(=O)N[C@@H](C[C@@H]1CCCC1=O)C(=O)C(=O)NCc1ccccc1. The van der Waals surface area contributed by atoms with Crippen LogP contribution in [0.3, 0.4) is 0 Å². The van der Waals surface area contributed by atoms with Gasteiger partial charge in [0.25, 0.3) is 5.91 Å². The zero-order valence-electron chi connectivity index (χ0n) is 23.0. The Morgan fingerprint density at radius 2 is 1.73 bits per heavy atom. The Morgan fingerprint density at radius 3 is 2.40 bits per heavy atom. The van der Waals surface area contributed by atoms with E-state index in [1.54, 1.807) is 12.1 Å². The van der Waals surface area contributed by atoms with Gasteiger partial charge in [-0.1, -0.05) is 62.4 Å². The summed E-state index contributed by atoms with van der Waals surface area (Å²) in [5, 5.41) is 6.17. The average Bonchev–Trinajstić information content (AvgIpc) is 3.56. The van der Waals surface area contributed by atoms with Crippen LogP contribution in [0, 0.1) is 17.8 Å². The number of carbonyl (C=O) groups is 5. The fourth-order valence-corrected chi connectivity index (χ4v) is 5.26. The molecule has 1 aliphatic rings. The highest BCUT2D eigenvalue weighted by atomic mass is 16.3. The first-order chi connectivity index (χ1) is 19.2. The molecule has 0 radical (unpaired) electrons. The third-order valence-electron chi connectivity index (χ3n) is 7.36. The van der Waals surface area contributed by atoms with E-state index >= 15 is 0 Å². The summed E-state index contributed by atoms with van der Waals surface area (Å²) in [7, 11) is 0. The molecule has 3 aromatic rings. The maximum atomic E-state index is 13.5. The van der Waals surface area contributed by atoms with Gasteiger partial charge in [0, 0.05) is 36.6 Å². The summed E-state index contributed by atoms with van der Waals surface area (Å²) in [6.07, 6.45) is 2.13. The number of nitrogens with one attached hydrogen (secondary N) is 2. The third kappa shape index (κ3) is 7.52. The first-order valence-corrected chi connectivity index (χ1v) is 13.9. The minimum atomic E-state index is -1.16. The lowest BCUT2D eigenvalue weighted by atomic mass is 9.89. The summed E-state index contributed by atoms with van der Waals surface area (Å²) in [6, 6.07) is 17.0. The minimum Gasteiger partial charge on any atom is -0.453 e. The predicted octanol–water partition coefficient (Wildman–Crippen LogP) is 4.80. The summed E-state index contributed by atoms with van der Waals surface area (Å²) in [5.41, 5.74) is 1.42. The van der Waals surface area contributed by atoms with Crippen molar-refractivity contribution in [3.8, 4) is 0 Å². The molecule has 8 nitrogen and oxygen atoms in total. The molecule has 2 amide bonds. The average molecular weight is 545 g/mol. The monoisotopic (exact) mass is 544 g/mol. The van der Waals surface area contributed by atoms with Gasteiger partial charge in [-0.3, -0.25) is 24.0 Å². The number of hydrogen-bond donors (Lipinski definition) is 2. The molecule has 1 aromatic heterocycles. The number of furan rings is 1. The van der Waals surface area contributed by atoms with Crippen molar-refractivity contribution in [1.82, 2.24) is 10.6 Å². The van der Waals surface area contributed by atoms with Crippen LogP contribution in [0.4, 0.5) is 0 Å². The van der Waals surface area contributed by atoms with Crippen LogP contribution >= 0.6 is 0 Å². The Hall–Kier alpha value is -4.07. The van der Waals surface area contributed by atoms with Gasteiger partial charge in [0.2, 0.25) is 11.7 Å². The number of rotatable bonds is 13. The van der Waals surface area contributed by atoms with E-state index < -0.39 is 35.5 Å². The topological polar surface area (TPSA) is 123 Å². The van der Waals surface area contributed by atoms with Crippen LogP contribution in [0.25, 0.3) is 11.0 Å². The second-order valence-corrected chi connectivity index (χ2v) is 11.0. The second kappa shape index (κ2) is 13.3. The Morgan fingerprint density at radius 1 is 1.00 bits per heavy atom. The van der Waals surface area contributed by atoms with Crippen molar-refractivity contribution in [2.24, 2.45) is 17.8 Å². The van der Waals surface area contributed by atoms with Crippen LogP contribution in [0.5, 0.6) is 0 Å². The van der Waals surface area contributed by atoms with Gasteiger partial charge in [-0.2, -0.15) is 0 Å². The van der Waals surface area contributed by atoms with Gasteiger partial charge in [0.05, 0.1) is 6.04 Å². The van der Waals surface area contributed by atoms with Gasteiger partial charge < -0.3 is 15.1 Å². The molecule has 0 unspecified atom stereocenters. The van der Waals surface area contributed by atoms with E-state index in [4.69, 9.17) is 4.42 Å². The van der Waals surface area contributed by atoms with Gasteiger partial charge in [0.15, 0.2) is 11.5 Å². The largest absolute Gasteiger partial charge is 0.453 e. The van der Waals surface area contributed by atoms with E-state index in [-0.39, 0.29) is 42.6 Å². The van der Waals surface area contributed by atoms with Crippen LogP contribution < -0.4 is 10.6 Å². The first kappa shape index (κ1) is 28.9. The summed E-state index contributed by atoms with van der Waals surface area (Å²) in [4.78, 5) is 65.1. The van der Waals surface area contributed by atoms with Crippen molar-refractivity contribution >= 4 is 40.1 Å². The highest BCUT2D eigenvalue weighted by Gasteiger charge is 2.35. The summed E-state index contributed by atoms with van der Waals surface area (Å²) < 4.78 is 5.70. The first-order valence-electron chi connectivity index (χ1n) is 13.9. The molecule has 0 saturated heterocycles. The summed E-state index contributed by atoms with van der Waals surface area (Å²) >= 11 is 0. The van der Waals surface area contributed by atoms with E-state index in [9.17, 15) is 24.0 Å². The number of carbonyl (C=O) groups excluding carboxylic acids is 5. The highest BCUT2D eigenvalue weighted by molar-refractivity contribution is 6.38. The Kier molecular flexibility index (Phi) is 9.64. The molecule has 1 fully saturated rings. The molecule has 4 rings (SSSR count). The molecule has 8 heteroatoms. The zero-order chi connectivity index (χ0) is 28.6. The quantitative estimate of drug-likeness (QED) is 0.235. The Bertz CT molecular complexity index is 1340. The maximum absolute atomic E-state index is 13.5. The molecule has 210 valence electrons. The smallest absolute Gasteiger partial charge is 0.289 e. The maximum Gasteiger partial charge on any atom is 0.289 e. The second-order valence-electron chi connectivity index (χ2n) is 11.0. The Labute approximate surface area is 233 Å². The third-order valence-corrected chi connectivity index (χ3v) is 7.36. The van der Waals surface area contributed by atoms with Crippen LogP contribution in [-0.2, 0) is 25.7 Å². The Balaban J connectivity index is 1.48. The van der Waals surface area contributed by atoms with Crippen LogP contribution in [0.1, 0.15) is 68.5 Å². The van der Waals surface area contributed by atoms with Gasteiger partial charge in [-0.25, -0.2) is 0 Å². The summed E-state index contributed by atoms with van der Waals surface area (Å²) in [6.45, 7) is 4.06. The molecule has 1 heterocycles. The van der Waals surface area contributed by atoms with E-state index in [1.165, 1.54) is 0 Å². The van der Waals surface area contributed by atoms with Gasteiger partial charge in [0.1, 0.15) is 11.4 Å². The number of para-hydroxylation sites is 1. The molecule has 0 bridgehead atoms. The van der Waals surface area contributed by atoms with E-state index in [2.05, 4.69) is 10.6 Å². The lowest BCUT2D eigenvalue weighted by Gasteiger charge is -2.24. The molecule has 3 atom stereocenters. The van der Waals surface area contributed by atoms with E-state index in [1.807, 2.05) is 62.4 Å². The fraction of sp³-hybridized carbons (Fsp3) is 0.406. The molecule has 1 aliphatic carbocycles. The highest BCUT2D eigenvalue weighted by Crippen LogP contribution is 2.27. The lowest BCUT2D eigenvalue weighted by Crippen LogP contribution is -2.50. The number of benzene rings is 2. The van der Waals surface area contributed by atoms with Gasteiger partial charge in [-0.15, -0.1) is 0 Å². The molecule has 2 aromatic carbocycles. The van der Waals surface area contributed by atoms with E-state index in [0.29, 0.717) is 24.8 Å². The fourth-order valence-electron chi connectivity index (χ4n) is 5.26. The number of fused-ring (bicyclic) bond motifs is 1. The summed E-state index contributed by atoms with van der Waals surface area (Å²) in [5.74, 6) is -3.24. The van der Waals surface area contributed by atoms with E-state index in [0.717, 1.165) is 17.4 Å². The van der Waals surface area contributed by atoms with Crippen LogP contribution in [0.2, 0.25) is 0 Å². The number of hydrogen-bond acceptors (Lipinski definition) is 6. The molecular formula is C32H36N2O6. The van der Waals surface area contributed by atoms with Crippen LogP contribution in [0.15, 0.2) is 65.1 Å². The van der Waals surface area contributed by atoms with Crippen molar-refractivity contribution in [3.05, 3.63) is 72.0 Å². The lowest BCUT2D eigenvalue weighted by molar-refractivity contribution is -0.141. The standard InChI is InChI=1S/C32H36N2O6/c1-20(2)15-24(17-27(36)29-18-23-11-6-7-14-28(23)40-29)31(38)34-25(16-22-12-8-13-26(22)35)30(37)32(39)33-19-21-9-4-3-5-10-21/h3-7,9-11,14,18,20,22,24-25H,8,12-13,15-17,19H2,1-2H3,(H,33,39)(H,34,38)/t22-,24+,25-/m0/s1. The van der Waals surface area contributed by atoms with Crippen molar-refractivity contribution in [3.63, 3.8) is 0 Å². The molecule has 2 N–H and O–H groups in total. The van der Waals surface area contributed by atoms with Crippen molar-refractivity contribution in [1.29, 1.82) is 0 Å². The minimum absolute atomic E-state index is 0.0375. The molecule has 0 spiro atoms. The van der Waals surface area contributed by atoms with Crippen molar-refractivity contribution in [2.75, 3.05) is 0 Å². The van der Waals surface area contributed by atoms with Crippen molar-refractivity contribution < 1.29 is 28.4 Å². The van der Waals surface area contributed by atoms with Crippen molar-refractivity contribution in [2.45, 2.75) is 65.0 Å². The number of Topliss-reactive ketones (excluding diaryl/α,β-unsaturated/α-hetero) is 3. The molecule has 0 aliphatic heterocycles. The molecule has 1 saturated carbocycles. The number of amides is 2. The zero-order valence-corrected chi connectivity index (χ0v) is 23.0. The number of ketones is 3. The predicted molar refractivity (Wildman–Crippen MR) is 150 cm³/mol. The molecule has 40 heavy (non-hydrogen) atoms. The van der Waals surface area contributed by atoms with Gasteiger partial charge >= 0.3 is 0 Å². The van der Waals surface area contributed by atoms with Gasteiger partial charge in [-0.05, 0) is 49.3 Å². The van der Waals surface area contributed by atoms with Crippen LogP contribution in [-0.4, -0.2) is 35.2 Å². The molecular weight excluding hydrogens is 508 g/mol. The normalized spacial score (nSPS) is 16.6.